The van der Waals surface area contributed by atoms with Gasteiger partial charge in [0.2, 0.25) is 11.4 Å². The predicted molar refractivity (Wildman–Crippen MR) is 97.9 cm³/mol. The number of anilines is 1. The number of hydrogen-bond donors (Lipinski definition) is 0. The summed E-state index contributed by atoms with van der Waals surface area (Å²) >= 11 is 0. The summed E-state index contributed by atoms with van der Waals surface area (Å²) in [4.78, 5) is 2.21. The number of para-hydroxylation sites is 3. The first-order chi connectivity index (χ1) is 11.8. The fourth-order valence-corrected chi connectivity index (χ4v) is 3.33. The molecule has 1 aliphatic rings. The lowest BCUT2D eigenvalue weighted by molar-refractivity contribution is -0.667. The van der Waals surface area contributed by atoms with E-state index in [9.17, 15) is 0 Å². The van der Waals surface area contributed by atoms with Crippen molar-refractivity contribution in [2.75, 3.05) is 11.4 Å². The van der Waals surface area contributed by atoms with Gasteiger partial charge in [-0.05, 0) is 37.6 Å². The number of aryl methyl sites for hydroxylation is 1. The van der Waals surface area contributed by atoms with Crippen LogP contribution in [0.2, 0.25) is 0 Å². The summed E-state index contributed by atoms with van der Waals surface area (Å²) in [6, 6.07) is 18.9. The van der Waals surface area contributed by atoms with Crippen LogP contribution in [-0.2, 0) is 6.54 Å². The summed E-state index contributed by atoms with van der Waals surface area (Å²) in [6.45, 7) is 6.15. The molecule has 0 saturated heterocycles. The Morgan fingerprint density at radius 1 is 1.00 bits per heavy atom. The topological polar surface area (TPSA) is 16.4 Å². The van der Waals surface area contributed by atoms with Gasteiger partial charge in [0, 0.05) is 24.8 Å². The van der Waals surface area contributed by atoms with Crippen LogP contribution in [-0.4, -0.2) is 6.54 Å². The number of rotatable bonds is 3. The molecule has 2 aromatic carbocycles. The van der Waals surface area contributed by atoms with Crippen molar-refractivity contribution in [1.29, 1.82) is 0 Å². The molecule has 1 aliphatic heterocycles. The normalized spacial score (nSPS) is 14.9. The van der Waals surface area contributed by atoms with Crippen molar-refractivity contribution in [1.82, 2.24) is 0 Å². The maximum atomic E-state index is 6.10. The van der Waals surface area contributed by atoms with E-state index in [0.717, 1.165) is 30.4 Å². The van der Waals surface area contributed by atoms with Crippen LogP contribution in [0.5, 0.6) is 5.75 Å². The van der Waals surface area contributed by atoms with Gasteiger partial charge in [0.25, 0.3) is 0 Å². The van der Waals surface area contributed by atoms with Crippen molar-refractivity contribution in [2.45, 2.75) is 20.4 Å². The molecule has 3 heteroatoms. The van der Waals surface area contributed by atoms with Gasteiger partial charge in [-0.25, -0.2) is 0 Å². The van der Waals surface area contributed by atoms with Gasteiger partial charge < -0.3 is 9.64 Å². The zero-order chi connectivity index (χ0) is 16.5. The second-order valence-corrected chi connectivity index (χ2v) is 5.87. The SMILES string of the molecule is CCN1/C(=C/c2cc[n+](CC)c3ccccc23)Oc2ccccc21. The van der Waals surface area contributed by atoms with Crippen molar-refractivity contribution in [2.24, 2.45) is 0 Å². The molecule has 0 unspecified atom stereocenters. The number of hydrogen-bond acceptors (Lipinski definition) is 2. The molecular formula is C21H21N2O+. The van der Waals surface area contributed by atoms with Crippen molar-refractivity contribution >= 4 is 22.7 Å². The third kappa shape index (κ3) is 2.33. The molecule has 0 saturated carbocycles. The Morgan fingerprint density at radius 3 is 2.62 bits per heavy atom. The standard InChI is InChI=1S/C21H21N2O/c1-3-22-14-13-16(17-9-5-6-10-18(17)22)15-21-23(4-2)19-11-7-8-12-20(19)24-21/h5-15H,3-4H2,1-2H3/q+1. The lowest BCUT2D eigenvalue weighted by Crippen LogP contribution is -2.32. The molecule has 3 nitrogen and oxygen atoms in total. The zero-order valence-electron chi connectivity index (χ0n) is 14.1. The molecule has 0 radical (unpaired) electrons. The monoisotopic (exact) mass is 317 g/mol. The maximum Gasteiger partial charge on any atom is 0.213 e. The van der Waals surface area contributed by atoms with Gasteiger partial charge in [0.05, 0.1) is 11.1 Å². The van der Waals surface area contributed by atoms with E-state index in [0.29, 0.717) is 0 Å². The van der Waals surface area contributed by atoms with Crippen LogP contribution in [0.3, 0.4) is 0 Å². The van der Waals surface area contributed by atoms with Gasteiger partial charge >= 0.3 is 0 Å². The summed E-state index contributed by atoms with van der Waals surface area (Å²) in [5, 5.41) is 1.24. The molecule has 0 aliphatic carbocycles. The number of fused-ring (bicyclic) bond motifs is 2. The van der Waals surface area contributed by atoms with Gasteiger partial charge in [-0.1, -0.05) is 24.3 Å². The summed E-state index contributed by atoms with van der Waals surface area (Å²) in [7, 11) is 0. The number of benzene rings is 2. The highest BCUT2D eigenvalue weighted by molar-refractivity contribution is 5.87. The van der Waals surface area contributed by atoms with Gasteiger partial charge in [0.15, 0.2) is 11.9 Å². The molecular weight excluding hydrogens is 296 g/mol. The third-order valence-electron chi connectivity index (χ3n) is 4.53. The molecule has 0 bridgehead atoms. The first-order valence-electron chi connectivity index (χ1n) is 8.49. The summed E-state index contributed by atoms with van der Waals surface area (Å²) in [6.07, 6.45) is 4.29. The summed E-state index contributed by atoms with van der Waals surface area (Å²) < 4.78 is 8.36. The number of aromatic nitrogens is 1. The Labute approximate surface area is 142 Å². The largest absolute Gasteiger partial charge is 0.439 e. The van der Waals surface area contributed by atoms with E-state index in [2.05, 4.69) is 78.1 Å². The van der Waals surface area contributed by atoms with E-state index >= 15 is 0 Å². The van der Waals surface area contributed by atoms with E-state index < -0.39 is 0 Å². The molecule has 0 spiro atoms. The molecule has 2 heterocycles. The van der Waals surface area contributed by atoms with Crippen molar-refractivity contribution < 1.29 is 9.30 Å². The molecule has 3 aromatic rings. The maximum absolute atomic E-state index is 6.10. The molecule has 0 amide bonds. The average Bonchev–Trinajstić information content (AvgIpc) is 2.99. The quantitative estimate of drug-likeness (QED) is 0.667. The van der Waals surface area contributed by atoms with Gasteiger partial charge in [-0.15, -0.1) is 0 Å². The van der Waals surface area contributed by atoms with Crippen LogP contribution in [0.25, 0.3) is 17.0 Å². The van der Waals surface area contributed by atoms with Gasteiger partial charge in [-0.2, -0.15) is 4.57 Å². The van der Waals surface area contributed by atoms with E-state index in [4.69, 9.17) is 4.74 Å². The fourth-order valence-electron chi connectivity index (χ4n) is 3.33. The second kappa shape index (κ2) is 6.00. The van der Waals surface area contributed by atoms with E-state index in [1.165, 1.54) is 16.5 Å². The van der Waals surface area contributed by atoms with Crippen molar-refractivity contribution in [3.05, 3.63) is 72.2 Å². The first-order valence-corrected chi connectivity index (χ1v) is 8.49. The van der Waals surface area contributed by atoms with Crippen LogP contribution in [0, 0.1) is 0 Å². The Bertz CT molecular complexity index is 930. The molecule has 1 aromatic heterocycles. The molecule has 120 valence electrons. The molecule has 0 atom stereocenters. The van der Waals surface area contributed by atoms with E-state index in [-0.39, 0.29) is 0 Å². The minimum Gasteiger partial charge on any atom is -0.439 e. The van der Waals surface area contributed by atoms with Crippen LogP contribution < -0.4 is 14.2 Å². The Morgan fingerprint density at radius 2 is 1.79 bits per heavy atom. The van der Waals surface area contributed by atoms with Crippen LogP contribution in [0.1, 0.15) is 19.4 Å². The Hall–Kier alpha value is -2.81. The summed E-state index contributed by atoms with van der Waals surface area (Å²) in [5.41, 5.74) is 3.56. The summed E-state index contributed by atoms with van der Waals surface area (Å²) in [5.74, 6) is 1.81. The first kappa shape index (κ1) is 14.8. The number of ether oxygens (including phenoxy) is 1. The smallest absolute Gasteiger partial charge is 0.213 e. The lowest BCUT2D eigenvalue weighted by Gasteiger charge is -2.15. The molecule has 4 rings (SSSR count). The third-order valence-corrected chi connectivity index (χ3v) is 4.53. The number of pyridine rings is 1. The average molecular weight is 317 g/mol. The number of nitrogens with zero attached hydrogens (tertiary/aromatic N) is 2. The van der Waals surface area contributed by atoms with E-state index in [1.54, 1.807) is 0 Å². The molecule has 24 heavy (non-hydrogen) atoms. The predicted octanol–water partition coefficient (Wildman–Crippen LogP) is 4.36. The van der Waals surface area contributed by atoms with Crippen LogP contribution in [0.4, 0.5) is 5.69 Å². The van der Waals surface area contributed by atoms with Crippen molar-refractivity contribution in [3.63, 3.8) is 0 Å². The fraction of sp³-hybridized carbons (Fsp3) is 0.190. The van der Waals surface area contributed by atoms with Crippen molar-refractivity contribution in [3.8, 4) is 5.75 Å². The highest BCUT2D eigenvalue weighted by Crippen LogP contribution is 2.39. The highest BCUT2D eigenvalue weighted by atomic mass is 16.5. The highest BCUT2D eigenvalue weighted by Gasteiger charge is 2.24. The molecule has 0 fully saturated rings. The Balaban J connectivity index is 1.84. The lowest BCUT2D eigenvalue weighted by atomic mass is 10.1. The van der Waals surface area contributed by atoms with Crippen LogP contribution >= 0.6 is 0 Å². The zero-order valence-corrected chi connectivity index (χ0v) is 14.1. The van der Waals surface area contributed by atoms with E-state index in [1.807, 2.05) is 12.1 Å². The van der Waals surface area contributed by atoms with Gasteiger partial charge in [-0.3, -0.25) is 0 Å². The van der Waals surface area contributed by atoms with Gasteiger partial charge in [0.1, 0.15) is 6.54 Å². The Kier molecular flexibility index (Phi) is 3.69. The van der Waals surface area contributed by atoms with Crippen LogP contribution in [0.15, 0.2) is 66.7 Å². The molecule has 0 N–H and O–H groups in total. The minimum absolute atomic E-state index is 0.878. The minimum atomic E-state index is 0.878. The second-order valence-electron chi connectivity index (χ2n) is 5.87.